The van der Waals surface area contributed by atoms with Crippen LogP contribution in [0.5, 0.6) is 0 Å². The molecule has 0 spiro atoms. The van der Waals surface area contributed by atoms with Gasteiger partial charge in [0.05, 0.1) is 18.8 Å². The van der Waals surface area contributed by atoms with Crippen molar-refractivity contribution in [3.63, 3.8) is 0 Å². The van der Waals surface area contributed by atoms with Gasteiger partial charge < -0.3 is 20.6 Å². The lowest BCUT2D eigenvalue weighted by atomic mass is 9.66. The highest BCUT2D eigenvalue weighted by Gasteiger charge is 2.42. The molecule has 1 saturated carbocycles. The van der Waals surface area contributed by atoms with Gasteiger partial charge in [-0.1, -0.05) is 6.92 Å². The molecule has 0 heterocycles. The van der Waals surface area contributed by atoms with E-state index in [1.807, 2.05) is 0 Å². The topological polar surface area (TPSA) is 113 Å². The lowest BCUT2D eigenvalue weighted by Crippen LogP contribution is -2.57. The third-order valence-electron chi connectivity index (χ3n) is 2.98. The summed E-state index contributed by atoms with van der Waals surface area (Å²) in [4.78, 5) is 17.1. The maximum Gasteiger partial charge on any atom is 0.469 e. The molecular formula is C8H18NO5P. The predicted octanol–water partition coefficient (Wildman–Crippen LogP) is -0.168. The number of aliphatic hydroxyl groups is 1. The fraction of sp³-hybridized carbons (Fsp3) is 1.00. The van der Waals surface area contributed by atoms with Crippen LogP contribution in [-0.4, -0.2) is 33.6 Å². The molecular weight excluding hydrogens is 221 g/mol. The van der Waals surface area contributed by atoms with Crippen molar-refractivity contribution in [1.29, 1.82) is 0 Å². The zero-order chi connectivity index (χ0) is 11.7. The number of aliphatic hydroxyl groups excluding tert-OH is 1. The van der Waals surface area contributed by atoms with E-state index in [0.29, 0.717) is 5.92 Å². The summed E-state index contributed by atoms with van der Waals surface area (Å²) >= 11 is 0. The zero-order valence-corrected chi connectivity index (χ0v) is 9.56. The Morgan fingerprint density at radius 1 is 1.53 bits per heavy atom. The molecule has 15 heavy (non-hydrogen) atoms. The number of phosphoric ester groups is 1. The first-order valence-corrected chi connectivity index (χ1v) is 6.40. The molecule has 0 bridgehead atoms. The molecule has 1 atom stereocenters. The molecule has 0 aliphatic heterocycles. The van der Waals surface area contributed by atoms with Gasteiger partial charge in [0.25, 0.3) is 0 Å². The molecule has 1 fully saturated rings. The predicted molar refractivity (Wildman–Crippen MR) is 53.9 cm³/mol. The van der Waals surface area contributed by atoms with E-state index in [1.54, 1.807) is 0 Å². The van der Waals surface area contributed by atoms with Crippen molar-refractivity contribution in [3.8, 4) is 0 Å². The third-order valence-corrected chi connectivity index (χ3v) is 3.45. The monoisotopic (exact) mass is 239 g/mol. The maximum atomic E-state index is 10.5. The Hall–Kier alpha value is 0.0300. The minimum atomic E-state index is -4.51. The molecule has 1 aliphatic rings. The van der Waals surface area contributed by atoms with Crippen LogP contribution in [0.3, 0.4) is 0 Å². The summed E-state index contributed by atoms with van der Waals surface area (Å²) in [5.41, 5.74) is 4.82. The van der Waals surface area contributed by atoms with Crippen LogP contribution in [0.4, 0.5) is 0 Å². The fourth-order valence-corrected chi connectivity index (χ4v) is 2.28. The SMILES string of the molecule is CC1CC(C(N)(CO)COP(=O)(O)O)C1. The second kappa shape index (κ2) is 4.49. The Morgan fingerprint density at radius 3 is 2.40 bits per heavy atom. The van der Waals surface area contributed by atoms with Crippen LogP contribution in [0.1, 0.15) is 19.8 Å². The summed E-state index contributed by atoms with van der Waals surface area (Å²) < 4.78 is 14.9. The highest BCUT2D eigenvalue weighted by Crippen LogP contribution is 2.43. The molecule has 0 radical (unpaired) electrons. The van der Waals surface area contributed by atoms with Crippen LogP contribution >= 0.6 is 7.82 Å². The number of nitrogens with two attached hydrogens (primary N) is 1. The van der Waals surface area contributed by atoms with E-state index >= 15 is 0 Å². The molecule has 1 aliphatic carbocycles. The lowest BCUT2D eigenvalue weighted by molar-refractivity contribution is 0.0177. The summed E-state index contributed by atoms with van der Waals surface area (Å²) in [6, 6.07) is 0. The molecule has 5 N–H and O–H groups in total. The minimum absolute atomic E-state index is 0.0732. The summed E-state index contributed by atoms with van der Waals surface area (Å²) in [6.07, 6.45) is 1.73. The Balaban J connectivity index is 2.50. The summed E-state index contributed by atoms with van der Waals surface area (Å²) in [5, 5.41) is 9.15. The van der Waals surface area contributed by atoms with Gasteiger partial charge in [-0.3, -0.25) is 4.52 Å². The van der Waals surface area contributed by atoms with Gasteiger partial charge in [0.15, 0.2) is 0 Å². The van der Waals surface area contributed by atoms with Crippen molar-refractivity contribution in [2.75, 3.05) is 13.2 Å². The van der Waals surface area contributed by atoms with E-state index in [9.17, 15) is 4.57 Å². The van der Waals surface area contributed by atoms with E-state index in [0.717, 1.165) is 12.8 Å². The summed E-state index contributed by atoms with van der Waals surface area (Å²) in [6.45, 7) is 1.42. The first-order chi connectivity index (χ1) is 6.77. The second-order valence-corrected chi connectivity index (χ2v) is 5.67. The van der Waals surface area contributed by atoms with Gasteiger partial charge in [-0.25, -0.2) is 4.57 Å². The Bertz CT molecular complexity index is 262. The highest BCUT2D eigenvalue weighted by molar-refractivity contribution is 7.46. The van der Waals surface area contributed by atoms with E-state index in [2.05, 4.69) is 11.4 Å². The van der Waals surface area contributed by atoms with Gasteiger partial charge in [0.1, 0.15) is 0 Å². The number of phosphoric acid groups is 1. The smallest absolute Gasteiger partial charge is 0.394 e. The average molecular weight is 239 g/mol. The van der Waals surface area contributed by atoms with Crippen LogP contribution in [0.25, 0.3) is 0 Å². The average Bonchev–Trinajstić information content (AvgIpc) is 2.08. The highest BCUT2D eigenvalue weighted by atomic mass is 31.2. The lowest BCUT2D eigenvalue weighted by Gasteiger charge is -2.44. The van der Waals surface area contributed by atoms with Gasteiger partial charge in [-0.05, 0) is 24.7 Å². The standard InChI is InChI=1S/C8H18NO5P/c1-6-2-7(3-6)8(9,4-10)5-14-15(11,12)13/h6-7,10H,2-5,9H2,1H3,(H2,11,12,13). The van der Waals surface area contributed by atoms with Crippen molar-refractivity contribution >= 4 is 7.82 Å². The van der Waals surface area contributed by atoms with Crippen molar-refractivity contribution in [1.82, 2.24) is 0 Å². The minimum Gasteiger partial charge on any atom is -0.394 e. The Kier molecular flexibility index (Phi) is 3.92. The largest absolute Gasteiger partial charge is 0.469 e. The van der Waals surface area contributed by atoms with Gasteiger partial charge in [0.2, 0.25) is 0 Å². The number of hydrogen-bond acceptors (Lipinski definition) is 4. The molecule has 0 aromatic carbocycles. The third kappa shape index (κ3) is 3.52. The molecule has 0 aromatic heterocycles. The molecule has 0 aromatic rings. The maximum absolute atomic E-state index is 10.5. The van der Waals surface area contributed by atoms with Gasteiger partial charge in [0, 0.05) is 0 Å². The Morgan fingerprint density at radius 2 is 2.07 bits per heavy atom. The zero-order valence-electron chi connectivity index (χ0n) is 8.67. The van der Waals surface area contributed by atoms with E-state index in [1.165, 1.54) is 0 Å². The van der Waals surface area contributed by atoms with Crippen molar-refractivity contribution < 1.29 is 24.0 Å². The van der Waals surface area contributed by atoms with Crippen molar-refractivity contribution in [2.24, 2.45) is 17.6 Å². The van der Waals surface area contributed by atoms with Crippen LogP contribution in [0.2, 0.25) is 0 Å². The van der Waals surface area contributed by atoms with Crippen LogP contribution in [0, 0.1) is 11.8 Å². The molecule has 7 heteroatoms. The van der Waals surface area contributed by atoms with E-state index in [4.69, 9.17) is 20.6 Å². The van der Waals surface area contributed by atoms with Crippen LogP contribution in [0.15, 0.2) is 0 Å². The number of rotatable bonds is 5. The summed E-state index contributed by atoms with van der Waals surface area (Å²) in [7, 11) is -4.51. The van der Waals surface area contributed by atoms with E-state index < -0.39 is 13.4 Å². The number of hydrogen-bond donors (Lipinski definition) is 4. The summed E-state index contributed by atoms with van der Waals surface area (Å²) in [5.74, 6) is 0.628. The molecule has 0 amide bonds. The van der Waals surface area contributed by atoms with Crippen molar-refractivity contribution in [2.45, 2.75) is 25.3 Å². The normalized spacial score (nSPS) is 30.7. The Labute approximate surface area is 88.7 Å². The molecule has 0 saturated heterocycles. The van der Waals surface area contributed by atoms with Gasteiger partial charge >= 0.3 is 7.82 Å². The first kappa shape index (κ1) is 13.1. The molecule has 1 unspecified atom stereocenters. The van der Waals surface area contributed by atoms with Crippen LogP contribution in [-0.2, 0) is 9.09 Å². The second-order valence-electron chi connectivity index (χ2n) is 4.43. The molecule has 1 rings (SSSR count). The van der Waals surface area contributed by atoms with Gasteiger partial charge in [-0.15, -0.1) is 0 Å². The van der Waals surface area contributed by atoms with Crippen LogP contribution < -0.4 is 5.73 Å². The fourth-order valence-electron chi connectivity index (χ4n) is 1.87. The molecule has 90 valence electrons. The quantitative estimate of drug-likeness (QED) is 0.495. The molecule has 6 nitrogen and oxygen atoms in total. The van der Waals surface area contributed by atoms with E-state index in [-0.39, 0.29) is 19.1 Å². The van der Waals surface area contributed by atoms with Crippen molar-refractivity contribution in [3.05, 3.63) is 0 Å². The first-order valence-electron chi connectivity index (χ1n) is 4.86. The van der Waals surface area contributed by atoms with Gasteiger partial charge in [-0.2, -0.15) is 0 Å².